The summed E-state index contributed by atoms with van der Waals surface area (Å²) in [6.45, 7) is 8.72. The predicted octanol–water partition coefficient (Wildman–Crippen LogP) is 5.59. The number of rotatable bonds is 10. The molecule has 3 heteroatoms. The van der Waals surface area contributed by atoms with Crippen LogP contribution in [0.3, 0.4) is 0 Å². The van der Waals surface area contributed by atoms with E-state index in [1.165, 1.54) is 61.7 Å². The number of halogens is 1. The number of pyridine rings is 1. The van der Waals surface area contributed by atoms with E-state index in [2.05, 4.69) is 31.8 Å². The molecule has 21 heavy (non-hydrogen) atoms. The van der Waals surface area contributed by atoms with Gasteiger partial charge in [-0.25, -0.2) is 0 Å². The molecule has 0 saturated carbocycles. The van der Waals surface area contributed by atoms with Crippen molar-refractivity contribution in [1.29, 1.82) is 0 Å². The van der Waals surface area contributed by atoms with Gasteiger partial charge in [-0.3, -0.25) is 0 Å². The molecule has 1 heterocycles. The van der Waals surface area contributed by atoms with Crippen LogP contribution in [0.2, 0.25) is 13.3 Å². The van der Waals surface area contributed by atoms with Gasteiger partial charge < -0.3 is 0 Å². The molecule has 1 aromatic heterocycles. The van der Waals surface area contributed by atoms with E-state index in [1.54, 1.807) is 0 Å². The molecule has 0 saturated heterocycles. The van der Waals surface area contributed by atoms with Gasteiger partial charge in [-0.1, -0.05) is 0 Å². The van der Waals surface area contributed by atoms with E-state index in [0.717, 1.165) is 5.56 Å². The van der Waals surface area contributed by atoms with Crippen molar-refractivity contribution in [3.63, 3.8) is 0 Å². The van der Waals surface area contributed by atoms with Gasteiger partial charge in [-0.15, -0.1) is 0 Å². The third-order valence-corrected chi connectivity index (χ3v) is 19.7. The molecule has 0 unspecified atom stereocenters. The van der Waals surface area contributed by atoms with Gasteiger partial charge in [-0.2, -0.15) is 0 Å². The van der Waals surface area contributed by atoms with Crippen LogP contribution in [-0.2, 0) is 0 Å². The van der Waals surface area contributed by atoms with E-state index in [0.29, 0.717) is 0 Å². The van der Waals surface area contributed by atoms with Crippen LogP contribution in [0.4, 0.5) is 4.39 Å². The Balaban J connectivity index is 3.12. The number of nitrogens with zero attached hydrogens (tertiary/aromatic N) is 1. The summed E-state index contributed by atoms with van der Waals surface area (Å²) in [5.41, 5.74) is 0.783. The number of aromatic nitrogens is 1. The normalized spacial score (nSPS) is 11.9. The molecule has 120 valence electrons. The molecule has 0 radical (unpaired) electrons. The van der Waals surface area contributed by atoms with E-state index in [-0.39, 0.29) is 5.82 Å². The minimum absolute atomic E-state index is 0.152. The molecule has 1 rings (SSSR count). The fourth-order valence-electron chi connectivity index (χ4n) is 3.13. The van der Waals surface area contributed by atoms with Gasteiger partial charge in [0, 0.05) is 0 Å². The molecule has 0 aliphatic heterocycles. The van der Waals surface area contributed by atoms with Crippen LogP contribution < -0.4 is 3.71 Å². The first-order valence-electron chi connectivity index (χ1n) is 8.72. The van der Waals surface area contributed by atoms with Crippen LogP contribution in [0.15, 0.2) is 12.3 Å². The Labute approximate surface area is 134 Å². The number of aryl methyl sites for hydroxylation is 1. The van der Waals surface area contributed by atoms with E-state index >= 15 is 0 Å². The van der Waals surface area contributed by atoms with Gasteiger partial charge in [0.25, 0.3) is 0 Å². The summed E-state index contributed by atoms with van der Waals surface area (Å²) in [4.78, 5) is 4.59. The molecule has 1 nitrogen and oxygen atoms in total. The Morgan fingerprint density at radius 1 is 0.952 bits per heavy atom. The summed E-state index contributed by atoms with van der Waals surface area (Å²) in [6, 6.07) is 2.09. The molecule has 0 aliphatic rings. The average molecular weight is 400 g/mol. The van der Waals surface area contributed by atoms with Gasteiger partial charge >= 0.3 is 135 Å². The Bertz CT molecular complexity index is 398. The first-order valence-corrected chi connectivity index (χ1v) is 16.2. The van der Waals surface area contributed by atoms with Crippen molar-refractivity contribution < 1.29 is 4.39 Å². The fourth-order valence-corrected chi connectivity index (χ4v) is 18.7. The van der Waals surface area contributed by atoms with Crippen LogP contribution in [0.25, 0.3) is 0 Å². The van der Waals surface area contributed by atoms with Crippen molar-refractivity contribution in [2.24, 2.45) is 0 Å². The van der Waals surface area contributed by atoms with E-state index in [9.17, 15) is 4.39 Å². The Hall–Kier alpha value is -0.121. The number of hydrogen-bond acceptors (Lipinski definition) is 1. The molecule has 0 amide bonds. The minimum atomic E-state index is -2.45. The molecule has 1 aromatic rings. The zero-order chi connectivity index (χ0) is 15.7. The second-order valence-electron chi connectivity index (χ2n) is 6.41. The standard InChI is InChI=1S/C6H5FN.3C4H9.Sn/c1-5-2-3-8-4-6(5)7;3*1-3-4-2;/h2,4H,1H3;3*1,3-4H2,2H3;. The fraction of sp³-hybridized carbons (Fsp3) is 0.722. The molecular weight excluding hydrogens is 368 g/mol. The van der Waals surface area contributed by atoms with Crippen molar-refractivity contribution >= 4 is 22.1 Å². The number of hydrogen-bond donors (Lipinski definition) is 0. The first kappa shape index (κ1) is 18.9. The summed E-state index contributed by atoms with van der Waals surface area (Å²) < 4.78 is 19.1. The molecule has 0 bridgehead atoms. The summed E-state index contributed by atoms with van der Waals surface area (Å²) >= 11 is -2.45. The Morgan fingerprint density at radius 2 is 1.43 bits per heavy atom. The third-order valence-electron chi connectivity index (χ3n) is 4.62. The average Bonchev–Trinajstić information content (AvgIpc) is 2.50. The van der Waals surface area contributed by atoms with Crippen LogP contribution in [0.1, 0.15) is 64.9 Å². The first-order chi connectivity index (χ1) is 10.1. The molecule has 0 aliphatic carbocycles. The van der Waals surface area contributed by atoms with Crippen molar-refractivity contribution in [1.82, 2.24) is 4.98 Å². The molecule has 0 atom stereocenters. The van der Waals surface area contributed by atoms with Crippen molar-refractivity contribution in [2.75, 3.05) is 0 Å². The molecule has 0 aromatic carbocycles. The maximum absolute atomic E-state index is 13.6. The quantitative estimate of drug-likeness (QED) is 0.467. The zero-order valence-electron chi connectivity index (χ0n) is 14.3. The Kier molecular flexibility index (Phi) is 8.84. The van der Waals surface area contributed by atoms with Crippen LogP contribution in [0, 0.1) is 12.7 Å². The van der Waals surface area contributed by atoms with Crippen LogP contribution in [0.5, 0.6) is 0 Å². The summed E-state index contributed by atoms with van der Waals surface area (Å²) in [7, 11) is 0. The summed E-state index contributed by atoms with van der Waals surface area (Å²) in [5.74, 6) is -0.152. The van der Waals surface area contributed by atoms with E-state index in [4.69, 9.17) is 0 Å². The topological polar surface area (TPSA) is 12.9 Å². The van der Waals surface area contributed by atoms with Crippen LogP contribution in [-0.4, -0.2) is 23.4 Å². The summed E-state index contributed by atoms with van der Waals surface area (Å²) in [5, 5.41) is 0. The zero-order valence-corrected chi connectivity index (χ0v) is 17.2. The van der Waals surface area contributed by atoms with Gasteiger partial charge in [0.2, 0.25) is 0 Å². The number of unbranched alkanes of at least 4 members (excludes halogenated alkanes) is 3. The van der Waals surface area contributed by atoms with Crippen molar-refractivity contribution in [3.8, 4) is 0 Å². The molecular formula is C18H32FNSn. The second-order valence-corrected chi connectivity index (χ2v) is 19.5. The predicted molar refractivity (Wildman–Crippen MR) is 93.5 cm³/mol. The second kappa shape index (κ2) is 9.81. The van der Waals surface area contributed by atoms with Crippen LogP contribution >= 0.6 is 0 Å². The monoisotopic (exact) mass is 401 g/mol. The molecule has 0 fully saturated rings. The third kappa shape index (κ3) is 5.54. The maximum atomic E-state index is 13.6. The van der Waals surface area contributed by atoms with Crippen molar-refractivity contribution in [3.05, 3.63) is 23.6 Å². The SMILES string of the molecule is CCC[CH2][Sn]([CH2]CCC)([CH2]CCC)[c]1cc(C)c(F)cn1. The van der Waals surface area contributed by atoms with Gasteiger partial charge in [0.05, 0.1) is 0 Å². The van der Waals surface area contributed by atoms with Gasteiger partial charge in [-0.05, 0) is 0 Å². The molecule has 0 spiro atoms. The van der Waals surface area contributed by atoms with Gasteiger partial charge in [0.15, 0.2) is 0 Å². The summed E-state index contributed by atoms with van der Waals surface area (Å²) in [6.07, 6.45) is 9.22. The van der Waals surface area contributed by atoms with Crippen molar-refractivity contribution in [2.45, 2.75) is 79.5 Å². The van der Waals surface area contributed by atoms with E-state index < -0.39 is 18.4 Å². The molecule has 0 N–H and O–H groups in total. The van der Waals surface area contributed by atoms with Gasteiger partial charge in [0.1, 0.15) is 0 Å². The van der Waals surface area contributed by atoms with E-state index in [1.807, 2.05) is 6.92 Å². The Morgan fingerprint density at radius 3 is 1.81 bits per heavy atom.